The average Bonchev–Trinajstić information content (AvgIpc) is 2.71. The monoisotopic (exact) mass is 355 g/mol. The summed E-state index contributed by atoms with van der Waals surface area (Å²) in [5.41, 5.74) is 2.06. The van der Waals surface area contributed by atoms with Crippen molar-refractivity contribution in [2.75, 3.05) is 20.2 Å². The van der Waals surface area contributed by atoms with Crippen molar-refractivity contribution in [3.63, 3.8) is 0 Å². The van der Waals surface area contributed by atoms with Crippen LogP contribution < -0.4 is 10.1 Å². The highest BCUT2D eigenvalue weighted by molar-refractivity contribution is 5.74. The molecule has 6 nitrogen and oxygen atoms in total. The molecule has 2 aromatic rings. The van der Waals surface area contributed by atoms with Gasteiger partial charge < -0.3 is 19.7 Å². The van der Waals surface area contributed by atoms with Crippen LogP contribution in [0.15, 0.2) is 48.8 Å². The molecule has 1 saturated heterocycles. The normalized spacial score (nSPS) is 17.0. The van der Waals surface area contributed by atoms with E-state index in [9.17, 15) is 4.79 Å². The van der Waals surface area contributed by atoms with Crippen molar-refractivity contribution in [1.29, 1.82) is 0 Å². The van der Waals surface area contributed by atoms with Crippen molar-refractivity contribution in [1.82, 2.24) is 15.2 Å². The Hall–Kier alpha value is -2.60. The number of rotatable bonds is 6. The smallest absolute Gasteiger partial charge is 0.317 e. The van der Waals surface area contributed by atoms with Gasteiger partial charge in [-0.3, -0.25) is 4.98 Å². The van der Waals surface area contributed by atoms with E-state index in [0.717, 1.165) is 36.3 Å². The lowest BCUT2D eigenvalue weighted by molar-refractivity contribution is -0.000459. The molecular formula is C20H25N3O3. The Morgan fingerprint density at radius 2 is 2.19 bits per heavy atom. The molecule has 3 rings (SSSR count). The summed E-state index contributed by atoms with van der Waals surface area (Å²) < 4.78 is 11.2. The molecule has 1 atom stereocenters. The number of urea groups is 1. The third-order valence-electron chi connectivity index (χ3n) is 4.45. The van der Waals surface area contributed by atoms with E-state index in [-0.39, 0.29) is 12.1 Å². The van der Waals surface area contributed by atoms with Crippen LogP contribution in [0.2, 0.25) is 0 Å². The summed E-state index contributed by atoms with van der Waals surface area (Å²) in [5, 5.41) is 2.98. The van der Waals surface area contributed by atoms with Gasteiger partial charge in [0.25, 0.3) is 0 Å². The highest BCUT2D eigenvalue weighted by Crippen LogP contribution is 2.16. The van der Waals surface area contributed by atoms with Crippen molar-refractivity contribution >= 4 is 6.03 Å². The summed E-state index contributed by atoms with van der Waals surface area (Å²) in [6.07, 6.45) is 5.54. The van der Waals surface area contributed by atoms with Gasteiger partial charge in [-0.05, 0) is 42.2 Å². The van der Waals surface area contributed by atoms with Gasteiger partial charge in [0.1, 0.15) is 5.75 Å². The van der Waals surface area contributed by atoms with E-state index in [1.165, 1.54) is 0 Å². The molecule has 1 aliphatic rings. The summed E-state index contributed by atoms with van der Waals surface area (Å²) in [4.78, 5) is 18.4. The summed E-state index contributed by atoms with van der Waals surface area (Å²) in [6, 6.07) is 11.5. The summed E-state index contributed by atoms with van der Waals surface area (Å²) in [5.74, 6) is 0.790. The van der Waals surface area contributed by atoms with E-state index in [4.69, 9.17) is 9.47 Å². The first-order chi connectivity index (χ1) is 12.7. The predicted molar refractivity (Wildman–Crippen MR) is 98.9 cm³/mol. The fourth-order valence-electron chi connectivity index (χ4n) is 3.03. The number of likely N-dealkylation sites (tertiary alicyclic amines) is 1. The molecule has 26 heavy (non-hydrogen) atoms. The minimum absolute atomic E-state index is 0.0532. The van der Waals surface area contributed by atoms with E-state index in [0.29, 0.717) is 19.7 Å². The molecule has 0 bridgehead atoms. The summed E-state index contributed by atoms with van der Waals surface area (Å²) in [6.45, 7) is 2.38. The molecule has 1 aliphatic heterocycles. The summed E-state index contributed by atoms with van der Waals surface area (Å²) >= 11 is 0. The van der Waals surface area contributed by atoms with Gasteiger partial charge in [-0.2, -0.15) is 0 Å². The van der Waals surface area contributed by atoms with Gasteiger partial charge in [0.15, 0.2) is 0 Å². The van der Waals surface area contributed by atoms with E-state index in [2.05, 4.69) is 10.3 Å². The van der Waals surface area contributed by atoms with Crippen LogP contribution in [0.4, 0.5) is 4.79 Å². The molecule has 0 radical (unpaired) electrons. The lowest BCUT2D eigenvalue weighted by Crippen LogP contribution is -2.47. The highest BCUT2D eigenvalue weighted by Gasteiger charge is 2.24. The Balaban J connectivity index is 1.46. The van der Waals surface area contributed by atoms with Crippen LogP contribution in [-0.4, -0.2) is 42.2 Å². The number of pyridine rings is 1. The lowest BCUT2D eigenvalue weighted by atomic mass is 10.1. The molecule has 1 aromatic heterocycles. The molecule has 6 heteroatoms. The Kier molecular flexibility index (Phi) is 6.44. The Bertz CT molecular complexity index is 708. The van der Waals surface area contributed by atoms with Crippen LogP contribution in [0.1, 0.15) is 24.0 Å². The fraction of sp³-hybridized carbons (Fsp3) is 0.400. The Labute approximate surface area is 154 Å². The zero-order valence-electron chi connectivity index (χ0n) is 15.1. The van der Waals surface area contributed by atoms with Crippen molar-refractivity contribution in [2.45, 2.75) is 32.1 Å². The minimum Gasteiger partial charge on any atom is -0.497 e. The predicted octanol–water partition coefficient (Wildman–Crippen LogP) is 2.98. The van der Waals surface area contributed by atoms with Gasteiger partial charge in [0.05, 0.1) is 19.8 Å². The Morgan fingerprint density at radius 1 is 1.31 bits per heavy atom. The minimum atomic E-state index is -0.0532. The van der Waals surface area contributed by atoms with Crippen LogP contribution >= 0.6 is 0 Å². The van der Waals surface area contributed by atoms with Gasteiger partial charge in [-0.15, -0.1) is 0 Å². The zero-order chi connectivity index (χ0) is 18.2. The molecule has 0 saturated carbocycles. The first kappa shape index (κ1) is 18.2. The van der Waals surface area contributed by atoms with Crippen LogP contribution in [0, 0.1) is 0 Å². The van der Waals surface area contributed by atoms with Gasteiger partial charge in [-0.1, -0.05) is 18.2 Å². The van der Waals surface area contributed by atoms with Crippen molar-refractivity contribution in [3.05, 3.63) is 59.9 Å². The lowest BCUT2D eigenvalue weighted by Gasteiger charge is -2.32. The Morgan fingerprint density at radius 3 is 3.00 bits per heavy atom. The van der Waals surface area contributed by atoms with E-state index >= 15 is 0 Å². The van der Waals surface area contributed by atoms with Crippen LogP contribution in [0.25, 0.3) is 0 Å². The summed E-state index contributed by atoms with van der Waals surface area (Å²) in [7, 11) is 1.64. The second-order valence-electron chi connectivity index (χ2n) is 6.39. The number of ether oxygens (including phenoxy) is 2. The number of benzene rings is 1. The topological polar surface area (TPSA) is 63.7 Å². The third-order valence-corrected chi connectivity index (χ3v) is 4.45. The van der Waals surface area contributed by atoms with Gasteiger partial charge in [0.2, 0.25) is 0 Å². The highest BCUT2D eigenvalue weighted by atomic mass is 16.5. The third kappa shape index (κ3) is 5.20. The molecular weight excluding hydrogens is 330 g/mol. The number of piperidine rings is 1. The number of amides is 2. The van der Waals surface area contributed by atoms with Crippen LogP contribution in [0.3, 0.4) is 0 Å². The molecule has 1 N–H and O–H groups in total. The number of methoxy groups -OCH3 is 1. The fourth-order valence-corrected chi connectivity index (χ4v) is 3.03. The maximum Gasteiger partial charge on any atom is 0.317 e. The number of hydrogen-bond acceptors (Lipinski definition) is 4. The van der Waals surface area contributed by atoms with E-state index < -0.39 is 0 Å². The van der Waals surface area contributed by atoms with Crippen LogP contribution in [-0.2, 0) is 17.9 Å². The maximum absolute atomic E-state index is 12.5. The SMILES string of the molecule is COc1cccc(CNC(=O)N2CCC[C@H](OCc3cccnc3)C2)c1. The molecule has 138 valence electrons. The first-order valence-electron chi connectivity index (χ1n) is 8.91. The van der Waals surface area contributed by atoms with Gasteiger partial charge >= 0.3 is 6.03 Å². The number of nitrogens with one attached hydrogen (secondary N) is 1. The second kappa shape index (κ2) is 9.20. The number of aromatic nitrogens is 1. The van der Waals surface area contributed by atoms with Gasteiger partial charge in [0, 0.05) is 32.0 Å². The average molecular weight is 355 g/mol. The van der Waals surface area contributed by atoms with E-state index in [1.54, 1.807) is 19.5 Å². The quantitative estimate of drug-likeness (QED) is 0.865. The molecule has 2 amide bonds. The van der Waals surface area contributed by atoms with Crippen molar-refractivity contribution < 1.29 is 14.3 Å². The van der Waals surface area contributed by atoms with Crippen LogP contribution in [0.5, 0.6) is 5.75 Å². The second-order valence-corrected chi connectivity index (χ2v) is 6.39. The van der Waals surface area contributed by atoms with E-state index in [1.807, 2.05) is 41.3 Å². The largest absolute Gasteiger partial charge is 0.497 e. The molecule has 1 aromatic carbocycles. The van der Waals surface area contributed by atoms with Gasteiger partial charge in [-0.25, -0.2) is 4.79 Å². The molecule has 2 heterocycles. The zero-order valence-corrected chi connectivity index (χ0v) is 15.1. The van der Waals surface area contributed by atoms with Crippen molar-refractivity contribution in [2.24, 2.45) is 0 Å². The molecule has 1 fully saturated rings. The molecule has 0 aliphatic carbocycles. The molecule has 0 unspecified atom stereocenters. The molecule has 0 spiro atoms. The number of carbonyl (C=O) groups excluding carboxylic acids is 1. The maximum atomic E-state index is 12.5. The number of carbonyl (C=O) groups is 1. The van der Waals surface area contributed by atoms with Crippen molar-refractivity contribution in [3.8, 4) is 5.75 Å². The number of hydrogen-bond donors (Lipinski definition) is 1. The standard InChI is InChI=1S/C20H25N3O3/c1-25-18-7-2-5-16(11-18)13-22-20(24)23-10-4-8-19(14-23)26-15-17-6-3-9-21-12-17/h2-3,5-7,9,11-12,19H,4,8,10,13-15H2,1H3,(H,22,24)/t19-/m0/s1. The number of nitrogens with zero attached hydrogens (tertiary/aromatic N) is 2. The first-order valence-corrected chi connectivity index (χ1v) is 8.91.